The first-order valence-corrected chi connectivity index (χ1v) is 8.41. The highest BCUT2D eigenvalue weighted by Gasteiger charge is 2.49. The summed E-state index contributed by atoms with van der Waals surface area (Å²) in [4.78, 5) is 16.0. The van der Waals surface area contributed by atoms with Crippen molar-refractivity contribution in [2.45, 2.75) is 31.3 Å². The summed E-state index contributed by atoms with van der Waals surface area (Å²) in [5, 5.41) is 22.3. The maximum Gasteiger partial charge on any atom is 0.253 e. The Morgan fingerprint density at radius 1 is 1.29 bits per heavy atom. The van der Waals surface area contributed by atoms with Crippen LogP contribution < -0.4 is 0 Å². The predicted octanol–water partition coefficient (Wildman–Crippen LogP) is 1.25. The van der Waals surface area contributed by atoms with Crippen molar-refractivity contribution in [1.29, 1.82) is 0 Å². The van der Waals surface area contributed by atoms with E-state index in [0.717, 1.165) is 37.8 Å². The molecular formula is C17H21N5O2. The highest BCUT2D eigenvalue weighted by molar-refractivity contribution is 5.94. The lowest BCUT2D eigenvalue weighted by molar-refractivity contribution is 0.0282. The molecule has 2 fully saturated rings. The molecule has 1 N–H and O–H groups in total. The Kier molecular flexibility index (Phi) is 3.60. The molecule has 1 aromatic carbocycles. The SMILES string of the molecule is Cn1nnc(-c2ccc(C(=O)N3CCCC(C4(O)CC4)C3)cc2)n1. The molecule has 1 saturated carbocycles. The number of aryl methyl sites for hydroxylation is 1. The molecule has 1 aromatic heterocycles. The van der Waals surface area contributed by atoms with Crippen molar-refractivity contribution in [3.63, 3.8) is 0 Å². The number of carbonyl (C=O) groups is 1. The van der Waals surface area contributed by atoms with Gasteiger partial charge in [-0.25, -0.2) is 0 Å². The van der Waals surface area contributed by atoms with Crippen LogP contribution in [0.1, 0.15) is 36.0 Å². The molecule has 2 heterocycles. The summed E-state index contributed by atoms with van der Waals surface area (Å²) in [6.07, 6.45) is 3.72. The molecule has 1 unspecified atom stereocenters. The van der Waals surface area contributed by atoms with Crippen molar-refractivity contribution < 1.29 is 9.90 Å². The van der Waals surface area contributed by atoms with Gasteiger partial charge in [-0.2, -0.15) is 4.80 Å². The van der Waals surface area contributed by atoms with E-state index in [9.17, 15) is 9.90 Å². The lowest BCUT2D eigenvalue weighted by atomic mass is 9.90. The lowest BCUT2D eigenvalue weighted by Gasteiger charge is -2.35. The van der Waals surface area contributed by atoms with Gasteiger partial charge in [-0.15, -0.1) is 10.2 Å². The van der Waals surface area contributed by atoms with Crippen LogP contribution in [0.4, 0.5) is 0 Å². The quantitative estimate of drug-likeness (QED) is 0.917. The highest BCUT2D eigenvalue weighted by atomic mass is 16.3. The number of hydrogen-bond acceptors (Lipinski definition) is 5. The fraction of sp³-hybridized carbons (Fsp3) is 0.529. The molecule has 1 atom stereocenters. The van der Waals surface area contributed by atoms with E-state index in [4.69, 9.17) is 0 Å². The number of tetrazole rings is 1. The van der Waals surface area contributed by atoms with E-state index in [0.29, 0.717) is 17.9 Å². The van der Waals surface area contributed by atoms with Gasteiger partial charge in [0.25, 0.3) is 5.91 Å². The topological polar surface area (TPSA) is 84.1 Å². The van der Waals surface area contributed by atoms with Gasteiger partial charge in [0.15, 0.2) is 0 Å². The molecule has 0 spiro atoms. The Morgan fingerprint density at radius 3 is 2.67 bits per heavy atom. The van der Waals surface area contributed by atoms with Crippen LogP contribution in [0.5, 0.6) is 0 Å². The summed E-state index contributed by atoms with van der Waals surface area (Å²) in [7, 11) is 1.72. The maximum absolute atomic E-state index is 12.7. The fourth-order valence-corrected chi connectivity index (χ4v) is 3.48. The maximum atomic E-state index is 12.7. The van der Waals surface area contributed by atoms with Crippen LogP contribution in [-0.4, -0.2) is 54.8 Å². The largest absolute Gasteiger partial charge is 0.390 e. The number of carbonyl (C=O) groups excluding carboxylic acids is 1. The van der Waals surface area contributed by atoms with E-state index in [2.05, 4.69) is 15.4 Å². The van der Waals surface area contributed by atoms with Crippen molar-refractivity contribution in [2.24, 2.45) is 13.0 Å². The van der Waals surface area contributed by atoms with Gasteiger partial charge in [0.1, 0.15) is 0 Å². The first kappa shape index (κ1) is 15.3. The second-order valence-corrected chi connectivity index (χ2v) is 6.87. The third-order valence-electron chi connectivity index (χ3n) is 5.13. The molecule has 1 amide bonds. The van der Waals surface area contributed by atoms with Crippen LogP contribution >= 0.6 is 0 Å². The second-order valence-electron chi connectivity index (χ2n) is 6.87. The number of nitrogens with zero attached hydrogens (tertiary/aromatic N) is 5. The Hall–Kier alpha value is -2.28. The zero-order valence-corrected chi connectivity index (χ0v) is 13.7. The van der Waals surface area contributed by atoms with Crippen LogP contribution in [0.2, 0.25) is 0 Å². The minimum atomic E-state index is -0.513. The van der Waals surface area contributed by atoms with Crippen LogP contribution in [0, 0.1) is 5.92 Å². The lowest BCUT2D eigenvalue weighted by Crippen LogP contribution is -2.44. The van der Waals surface area contributed by atoms with Gasteiger partial charge >= 0.3 is 0 Å². The summed E-state index contributed by atoms with van der Waals surface area (Å²) in [5.74, 6) is 0.798. The van der Waals surface area contributed by atoms with Gasteiger partial charge in [-0.05, 0) is 43.0 Å². The van der Waals surface area contributed by atoms with Gasteiger partial charge in [0, 0.05) is 30.1 Å². The number of piperidine rings is 1. The molecule has 7 heteroatoms. The summed E-state index contributed by atoms with van der Waals surface area (Å²) >= 11 is 0. The number of aliphatic hydroxyl groups is 1. The standard InChI is InChI=1S/C17H21N5O2/c1-21-19-15(18-20-21)12-4-6-13(7-5-12)16(23)22-10-2-3-14(11-22)17(24)8-9-17/h4-7,14,24H,2-3,8-11H2,1H3. The third kappa shape index (κ3) is 2.80. The third-order valence-corrected chi connectivity index (χ3v) is 5.13. The van der Waals surface area contributed by atoms with Gasteiger partial charge in [-0.3, -0.25) is 4.79 Å². The Labute approximate surface area is 140 Å². The fourth-order valence-electron chi connectivity index (χ4n) is 3.48. The van der Waals surface area contributed by atoms with Crippen molar-refractivity contribution >= 4 is 5.91 Å². The molecule has 4 rings (SSSR count). The number of benzene rings is 1. The van der Waals surface area contributed by atoms with Crippen LogP contribution in [0.25, 0.3) is 11.4 Å². The van der Waals surface area contributed by atoms with Crippen LogP contribution in [-0.2, 0) is 7.05 Å². The predicted molar refractivity (Wildman–Crippen MR) is 87.0 cm³/mol. The van der Waals surface area contributed by atoms with E-state index in [1.165, 1.54) is 4.80 Å². The Bertz CT molecular complexity index is 751. The van der Waals surface area contributed by atoms with Crippen LogP contribution in [0.15, 0.2) is 24.3 Å². The van der Waals surface area contributed by atoms with Crippen molar-refractivity contribution in [2.75, 3.05) is 13.1 Å². The van der Waals surface area contributed by atoms with Crippen LogP contribution in [0.3, 0.4) is 0 Å². The smallest absolute Gasteiger partial charge is 0.253 e. The molecule has 1 aliphatic carbocycles. The van der Waals surface area contributed by atoms with E-state index >= 15 is 0 Å². The van der Waals surface area contributed by atoms with Gasteiger partial charge in [-0.1, -0.05) is 12.1 Å². The number of likely N-dealkylation sites (tertiary alicyclic amines) is 1. The van der Waals surface area contributed by atoms with E-state index in [1.54, 1.807) is 7.05 Å². The molecule has 1 aliphatic heterocycles. The molecule has 2 aromatic rings. The zero-order chi connectivity index (χ0) is 16.7. The van der Waals surface area contributed by atoms with Crippen molar-refractivity contribution in [3.05, 3.63) is 29.8 Å². The number of hydrogen-bond donors (Lipinski definition) is 1. The summed E-state index contributed by atoms with van der Waals surface area (Å²) < 4.78 is 0. The van der Waals surface area contributed by atoms with E-state index < -0.39 is 5.60 Å². The van der Waals surface area contributed by atoms with Gasteiger partial charge < -0.3 is 10.0 Å². The van der Waals surface area contributed by atoms with E-state index in [1.807, 2.05) is 29.2 Å². The average molecular weight is 327 g/mol. The molecular weight excluding hydrogens is 306 g/mol. The molecule has 126 valence electrons. The molecule has 0 radical (unpaired) electrons. The monoisotopic (exact) mass is 327 g/mol. The first-order chi connectivity index (χ1) is 11.5. The van der Waals surface area contributed by atoms with E-state index in [-0.39, 0.29) is 11.8 Å². The van der Waals surface area contributed by atoms with Gasteiger partial charge in [0.2, 0.25) is 5.82 Å². The molecule has 1 saturated heterocycles. The first-order valence-electron chi connectivity index (χ1n) is 8.41. The molecule has 2 aliphatic rings. The normalized spacial score (nSPS) is 22.4. The highest BCUT2D eigenvalue weighted by Crippen LogP contribution is 2.45. The number of amides is 1. The number of aromatic nitrogens is 4. The Balaban J connectivity index is 1.48. The number of rotatable bonds is 3. The second kappa shape index (κ2) is 5.66. The van der Waals surface area contributed by atoms with Crippen molar-refractivity contribution in [1.82, 2.24) is 25.1 Å². The summed E-state index contributed by atoms with van der Waals surface area (Å²) in [6.45, 7) is 1.42. The zero-order valence-electron chi connectivity index (χ0n) is 13.7. The Morgan fingerprint density at radius 2 is 2.04 bits per heavy atom. The van der Waals surface area contributed by atoms with Crippen molar-refractivity contribution in [3.8, 4) is 11.4 Å². The molecule has 7 nitrogen and oxygen atoms in total. The minimum Gasteiger partial charge on any atom is -0.390 e. The molecule has 24 heavy (non-hydrogen) atoms. The summed E-state index contributed by atoms with van der Waals surface area (Å²) in [5.41, 5.74) is 0.982. The summed E-state index contributed by atoms with van der Waals surface area (Å²) in [6, 6.07) is 7.31. The molecule has 0 bridgehead atoms. The van der Waals surface area contributed by atoms with Gasteiger partial charge in [0.05, 0.1) is 12.6 Å². The minimum absolute atomic E-state index is 0.0302. The average Bonchev–Trinajstić information content (AvgIpc) is 3.22.